The Morgan fingerprint density at radius 1 is 1.11 bits per heavy atom. The quantitative estimate of drug-likeness (QED) is 0.732. The molecular weight excluding hydrogens is 380 g/mol. The Bertz CT molecular complexity index is 970. The highest BCUT2D eigenvalue weighted by molar-refractivity contribution is 7.90. The SMILES string of the molecule is CCOc1ccc(CNC(=O)CCCN2C(=O)c3ccccc3S2(=O)=O)cc1. The van der Waals surface area contributed by atoms with Crippen LogP contribution in [0.3, 0.4) is 0 Å². The average molecular weight is 402 g/mol. The van der Waals surface area contributed by atoms with Crippen LogP contribution in [-0.2, 0) is 21.4 Å². The standard InChI is InChI=1S/C20H22N2O5S/c1-2-27-16-11-9-15(10-12-16)14-21-19(23)8-5-13-22-20(24)17-6-3-4-7-18(17)28(22,25)26/h3-4,6-7,9-12H,2,5,8,13-14H2,1H3,(H,21,23). The van der Waals surface area contributed by atoms with E-state index >= 15 is 0 Å². The number of hydrogen-bond acceptors (Lipinski definition) is 5. The summed E-state index contributed by atoms with van der Waals surface area (Å²) in [6.45, 7) is 2.86. The number of nitrogens with one attached hydrogen (secondary N) is 1. The fourth-order valence-corrected chi connectivity index (χ4v) is 4.60. The first-order chi connectivity index (χ1) is 13.4. The van der Waals surface area contributed by atoms with Crippen molar-refractivity contribution in [1.82, 2.24) is 9.62 Å². The van der Waals surface area contributed by atoms with E-state index in [9.17, 15) is 18.0 Å². The minimum absolute atomic E-state index is 0.0215. The minimum Gasteiger partial charge on any atom is -0.494 e. The molecule has 1 heterocycles. The molecule has 0 atom stereocenters. The van der Waals surface area contributed by atoms with Gasteiger partial charge in [0.2, 0.25) is 5.91 Å². The summed E-state index contributed by atoms with van der Waals surface area (Å²) in [6.07, 6.45) is 0.390. The van der Waals surface area contributed by atoms with Gasteiger partial charge in [-0.05, 0) is 43.2 Å². The van der Waals surface area contributed by atoms with Crippen molar-refractivity contribution in [3.63, 3.8) is 0 Å². The Balaban J connectivity index is 1.47. The number of carbonyl (C=O) groups excluding carboxylic acids is 2. The number of amides is 2. The fraction of sp³-hybridized carbons (Fsp3) is 0.300. The van der Waals surface area contributed by atoms with Gasteiger partial charge in [0.05, 0.1) is 12.2 Å². The van der Waals surface area contributed by atoms with Crippen LogP contribution in [0.1, 0.15) is 35.7 Å². The Labute approximate surface area is 164 Å². The van der Waals surface area contributed by atoms with Crippen molar-refractivity contribution in [3.8, 4) is 5.75 Å². The second kappa shape index (κ2) is 8.43. The van der Waals surface area contributed by atoms with E-state index in [1.54, 1.807) is 12.1 Å². The molecule has 1 N–H and O–H groups in total. The second-order valence-electron chi connectivity index (χ2n) is 6.34. The molecule has 7 nitrogen and oxygen atoms in total. The molecular formula is C20H22N2O5S. The summed E-state index contributed by atoms with van der Waals surface area (Å²) < 4.78 is 31.1. The van der Waals surface area contributed by atoms with E-state index in [4.69, 9.17) is 4.74 Å². The summed E-state index contributed by atoms with van der Waals surface area (Å²) in [5.41, 5.74) is 1.12. The molecule has 0 fully saturated rings. The number of benzene rings is 2. The van der Waals surface area contributed by atoms with Crippen LogP contribution in [0.2, 0.25) is 0 Å². The summed E-state index contributed by atoms with van der Waals surface area (Å²) in [4.78, 5) is 24.4. The number of nitrogens with zero attached hydrogens (tertiary/aromatic N) is 1. The Morgan fingerprint density at radius 3 is 2.50 bits per heavy atom. The lowest BCUT2D eigenvalue weighted by Gasteiger charge is -2.14. The minimum atomic E-state index is -3.82. The van der Waals surface area contributed by atoms with Crippen LogP contribution in [0.4, 0.5) is 0 Å². The van der Waals surface area contributed by atoms with Gasteiger partial charge in [0.15, 0.2) is 0 Å². The molecule has 0 spiro atoms. The van der Waals surface area contributed by atoms with E-state index in [2.05, 4.69) is 5.32 Å². The van der Waals surface area contributed by atoms with Gasteiger partial charge >= 0.3 is 0 Å². The van der Waals surface area contributed by atoms with E-state index in [0.29, 0.717) is 13.2 Å². The largest absolute Gasteiger partial charge is 0.494 e. The second-order valence-corrected chi connectivity index (χ2v) is 8.17. The molecule has 0 radical (unpaired) electrons. The van der Waals surface area contributed by atoms with Gasteiger partial charge in [0.25, 0.3) is 15.9 Å². The Hall–Kier alpha value is -2.87. The van der Waals surface area contributed by atoms with E-state index in [0.717, 1.165) is 15.6 Å². The van der Waals surface area contributed by atoms with Crippen LogP contribution in [0, 0.1) is 0 Å². The molecule has 0 unspecified atom stereocenters. The zero-order valence-electron chi connectivity index (χ0n) is 15.6. The number of sulfonamides is 1. The molecule has 8 heteroatoms. The predicted octanol–water partition coefficient (Wildman–Crippen LogP) is 2.33. The van der Waals surface area contributed by atoms with Crippen molar-refractivity contribution in [2.75, 3.05) is 13.2 Å². The molecule has 3 rings (SSSR count). The monoisotopic (exact) mass is 402 g/mol. The summed E-state index contributed by atoms with van der Waals surface area (Å²) in [6, 6.07) is 13.6. The third kappa shape index (κ3) is 4.17. The summed E-state index contributed by atoms with van der Waals surface area (Å²) in [7, 11) is -3.82. The van der Waals surface area contributed by atoms with Crippen LogP contribution < -0.4 is 10.1 Å². The highest BCUT2D eigenvalue weighted by Crippen LogP contribution is 2.29. The zero-order chi connectivity index (χ0) is 20.1. The first-order valence-electron chi connectivity index (χ1n) is 9.08. The number of rotatable bonds is 8. The molecule has 0 saturated carbocycles. The lowest BCUT2D eigenvalue weighted by atomic mass is 10.2. The van der Waals surface area contributed by atoms with Crippen LogP contribution in [-0.4, -0.2) is 37.7 Å². The first kappa shape index (κ1) is 19.9. The van der Waals surface area contributed by atoms with Crippen molar-refractivity contribution in [3.05, 3.63) is 59.7 Å². The molecule has 0 bridgehead atoms. The number of fused-ring (bicyclic) bond motifs is 1. The molecule has 0 saturated heterocycles. The predicted molar refractivity (Wildman–Crippen MR) is 103 cm³/mol. The molecule has 0 aliphatic carbocycles. The topological polar surface area (TPSA) is 92.8 Å². The lowest BCUT2D eigenvalue weighted by molar-refractivity contribution is -0.121. The molecule has 2 aromatic rings. The average Bonchev–Trinajstić information content (AvgIpc) is 2.88. The highest BCUT2D eigenvalue weighted by atomic mass is 32.2. The molecule has 2 amide bonds. The number of carbonyl (C=O) groups is 2. The maximum Gasteiger partial charge on any atom is 0.269 e. The van der Waals surface area contributed by atoms with Gasteiger partial charge in [0.1, 0.15) is 10.6 Å². The van der Waals surface area contributed by atoms with Gasteiger partial charge in [-0.2, -0.15) is 0 Å². The molecule has 148 valence electrons. The molecule has 0 aromatic heterocycles. The smallest absolute Gasteiger partial charge is 0.269 e. The van der Waals surface area contributed by atoms with Crippen molar-refractivity contribution >= 4 is 21.8 Å². The molecule has 2 aromatic carbocycles. The van der Waals surface area contributed by atoms with Crippen LogP contribution in [0.15, 0.2) is 53.4 Å². The van der Waals surface area contributed by atoms with Crippen molar-refractivity contribution in [2.45, 2.75) is 31.2 Å². The third-order valence-electron chi connectivity index (χ3n) is 4.40. The van der Waals surface area contributed by atoms with Crippen LogP contribution >= 0.6 is 0 Å². The Kier molecular flexibility index (Phi) is 5.99. The van der Waals surface area contributed by atoms with E-state index < -0.39 is 15.9 Å². The maximum absolute atomic E-state index is 12.4. The van der Waals surface area contributed by atoms with Crippen LogP contribution in [0.5, 0.6) is 5.75 Å². The van der Waals surface area contributed by atoms with Gasteiger partial charge in [-0.25, -0.2) is 12.7 Å². The summed E-state index contributed by atoms with van der Waals surface area (Å²) >= 11 is 0. The van der Waals surface area contributed by atoms with Crippen LogP contribution in [0.25, 0.3) is 0 Å². The highest BCUT2D eigenvalue weighted by Gasteiger charge is 2.40. The Morgan fingerprint density at radius 2 is 1.82 bits per heavy atom. The number of hydrogen-bond donors (Lipinski definition) is 1. The third-order valence-corrected chi connectivity index (χ3v) is 6.24. The fourth-order valence-electron chi connectivity index (χ4n) is 2.99. The van der Waals surface area contributed by atoms with Crippen molar-refractivity contribution < 1.29 is 22.7 Å². The maximum atomic E-state index is 12.4. The zero-order valence-corrected chi connectivity index (χ0v) is 16.4. The van der Waals surface area contributed by atoms with E-state index in [-0.39, 0.29) is 35.8 Å². The lowest BCUT2D eigenvalue weighted by Crippen LogP contribution is -2.32. The summed E-state index contributed by atoms with van der Waals surface area (Å²) in [5.74, 6) is 0.0379. The molecule has 28 heavy (non-hydrogen) atoms. The number of ether oxygens (including phenoxy) is 1. The van der Waals surface area contributed by atoms with E-state index in [1.165, 1.54) is 12.1 Å². The van der Waals surface area contributed by atoms with Gasteiger partial charge < -0.3 is 10.1 Å². The first-order valence-corrected chi connectivity index (χ1v) is 10.5. The van der Waals surface area contributed by atoms with Gasteiger partial charge in [-0.15, -0.1) is 0 Å². The molecule has 1 aliphatic rings. The van der Waals surface area contributed by atoms with Gasteiger partial charge in [-0.3, -0.25) is 9.59 Å². The van der Waals surface area contributed by atoms with Crippen molar-refractivity contribution in [1.29, 1.82) is 0 Å². The van der Waals surface area contributed by atoms with Crippen molar-refractivity contribution in [2.24, 2.45) is 0 Å². The molecule has 1 aliphatic heterocycles. The van der Waals surface area contributed by atoms with Gasteiger partial charge in [0, 0.05) is 19.5 Å². The van der Waals surface area contributed by atoms with Gasteiger partial charge in [-0.1, -0.05) is 24.3 Å². The normalized spacial score (nSPS) is 14.6. The summed E-state index contributed by atoms with van der Waals surface area (Å²) in [5, 5.41) is 2.79. The van der Waals surface area contributed by atoms with E-state index in [1.807, 2.05) is 31.2 Å².